The average Bonchev–Trinajstić information content (AvgIpc) is 2.92. The highest BCUT2D eigenvalue weighted by atomic mass is 32.2. The summed E-state index contributed by atoms with van der Waals surface area (Å²) in [6, 6.07) is 8.43. The maximum Gasteiger partial charge on any atom is 0.293 e. The van der Waals surface area contributed by atoms with E-state index >= 15 is 0 Å². The van der Waals surface area contributed by atoms with E-state index in [1.54, 1.807) is 37.3 Å². The fraction of sp³-hybridized carbons (Fsp3) is 0.214. The van der Waals surface area contributed by atoms with Crippen LogP contribution < -0.4 is 5.32 Å². The fourth-order valence-electron chi connectivity index (χ4n) is 2.13. The minimum absolute atomic E-state index is 0.0590. The molecule has 1 aromatic heterocycles. The first kappa shape index (κ1) is 15.6. The first-order chi connectivity index (χ1) is 11.0. The summed E-state index contributed by atoms with van der Waals surface area (Å²) in [6.07, 6.45) is 0. The molecule has 2 aromatic rings. The highest BCUT2D eigenvalue weighted by molar-refractivity contribution is 8.00. The molecule has 3 rings (SSSR count). The molecule has 7 nitrogen and oxygen atoms in total. The second kappa shape index (κ2) is 6.09. The number of rotatable bonds is 3. The second-order valence-electron chi connectivity index (χ2n) is 4.77. The van der Waals surface area contributed by atoms with Gasteiger partial charge in [-0.15, -0.1) is 10.2 Å². The number of aromatic nitrogens is 2. The topological polar surface area (TPSA) is 98.3 Å². The summed E-state index contributed by atoms with van der Waals surface area (Å²) in [6.45, 7) is 1.69. The molecule has 0 aliphatic carbocycles. The molecular formula is C14H13N3O4S2. The van der Waals surface area contributed by atoms with Crippen LogP contribution in [0.3, 0.4) is 0 Å². The van der Waals surface area contributed by atoms with E-state index in [2.05, 4.69) is 15.5 Å². The van der Waals surface area contributed by atoms with E-state index in [0.29, 0.717) is 15.7 Å². The van der Waals surface area contributed by atoms with Crippen molar-refractivity contribution >= 4 is 37.1 Å². The number of sulfone groups is 1. The molecule has 0 bridgehead atoms. The van der Waals surface area contributed by atoms with Crippen LogP contribution in [0.25, 0.3) is 4.91 Å². The number of amides is 1. The quantitative estimate of drug-likeness (QED) is 0.902. The van der Waals surface area contributed by atoms with Gasteiger partial charge in [0.15, 0.2) is 9.84 Å². The lowest BCUT2D eigenvalue weighted by molar-refractivity contribution is -0.115. The van der Waals surface area contributed by atoms with Crippen LogP contribution in [0.4, 0.5) is 5.13 Å². The summed E-state index contributed by atoms with van der Waals surface area (Å²) in [4.78, 5) is 12.3. The predicted octanol–water partition coefficient (Wildman–Crippen LogP) is 1.60. The van der Waals surface area contributed by atoms with E-state index in [4.69, 9.17) is 4.74 Å². The average molecular weight is 351 g/mol. The molecule has 0 spiro atoms. The van der Waals surface area contributed by atoms with E-state index in [-0.39, 0.29) is 23.0 Å². The summed E-state index contributed by atoms with van der Waals surface area (Å²) >= 11 is 1.20. The summed E-state index contributed by atoms with van der Waals surface area (Å²) < 4.78 is 30.2. The number of aryl methyl sites for hydroxylation is 1. The zero-order valence-corrected chi connectivity index (χ0v) is 13.8. The van der Waals surface area contributed by atoms with Gasteiger partial charge in [0.05, 0.1) is 5.75 Å². The van der Waals surface area contributed by atoms with Gasteiger partial charge in [-0.1, -0.05) is 41.7 Å². The van der Waals surface area contributed by atoms with Crippen molar-refractivity contribution in [2.75, 3.05) is 17.7 Å². The van der Waals surface area contributed by atoms with Crippen LogP contribution in [0.2, 0.25) is 0 Å². The Labute approximate surface area is 136 Å². The van der Waals surface area contributed by atoms with Crippen molar-refractivity contribution in [3.8, 4) is 0 Å². The van der Waals surface area contributed by atoms with Crippen LogP contribution in [0.5, 0.6) is 0 Å². The van der Waals surface area contributed by atoms with Gasteiger partial charge < -0.3 is 4.74 Å². The lowest BCUT2D eigenvalue weighted by Gasteiger charge is -2.20. The summed E-state index contributed by atoms with van der Waals surface area (Å²) in [5.74, 6) is -1.02. The number of nitrogens with zero attached hydrogens (tertiary/aromatic N) is 2. The summed E-state index contributed by atoms with van der Waals surface area (Å²) in [5.41, 5.74) is 0.422. The van der Waals surface area contributed by atoms with E-state index in [0.717, 1.165) is 0 Å². The molecule has 1 N–H and O–H groups in total. The summed E-state index contributed by atoms with van der Waals surface area (Å²) in [5, 5.41) is 11.1. The zero-order chi connectivity index (χ0) is 16.4. The standard InChI is InChI=1S/C14H13N3O4S2/c1-9-16-17-14(22-9)15-13(18)11-12(10-5-3-2-4-6-10)23(19,20)8-7-21-11/h2-6H,7-8H2,1H3,(H,15,17,18). The number of hydrogen-bond acceptors (Lipinski definition) is 7. The molecule has 0 atom stereocenters. The number of nitrogens with one attached hydrogen (secondary N) is 1. The van der Waals surface area contributed by atoms with E-state index in [9.17, 15) is 13.2 Å². The minimum Gasteiger partial charge on any atom is -0.486 e. The molecule has 1 amide bonds. The van der Waals surface area contributed by atoms with Crippen molar-refractivity contribution in [2.24, 2.45) is 0 Å². The third-order valence-electron chi connectivity index (χ3n) is 3.10. The molecule has 2 heterocycles. The minimum atomic E-state index is -3.60. The highest BCUT2D eigenvalue weighted by Crippen LogP contribution is 2.30. The number of carbonyl (C=O) groups excluding carboxylic acids is 1. The van der Waals surface area contributed by atoms with Gasteiger partial charge in [-0.3, -0.25) is 10.1 Å². The Balaban J connectivity index is 2.04. The number of benzene rings is 1. The van der Waals surface area contributed by atoms with E-state index in [1.165, 1.54) is 11.3 Å². The number of carbonyl (C=O) groups is 1. The van der Waals surface area contributed by atoms with Crippen molar-refractivity contribution in [1.29, 1.82) is 0 Å². The Morgan fingerprint density at radius 1 is 1.26 bits per heavy atom. The van der Waals surface area contributed by atoms with Gasteiger partial charge in [-0.2, -0.15) is 0 Å². The molecular weight excluding hydrogens is 338 g/mol. The maximum atomic E-state index is 12.4. The van der Waals surface area contributed by atoms with Gasteiger partial charge >= 0.3 is 0 Å². The Bertz CT molecular complexity index is 872. The molecule has 0 saturated heterocycles. The number of hydrogen-bond donors (Lipinski definition) is 1. The SMILES string of the molecule is Cc1nnc(NC(=O)C2=C(c3ccccc3)S(=O)(=O)CCO2)s1. The van der Waals surface area contributed by atoms with Crippen LogP contribution in [0, 0.1) is 6.92 Å². The molecule has 9 heteroatoms. The molecule has 0 radical (unpaired) electrons. The molecule has 23 heavy (non-hydrogen) atoms. The van der Waals surface area contributed by atoms with E-state index in [1.807, 2.05) is 0 Å². The van der Waals surface area contributed by atoms with Gasteiger partial charge in [-0.05, 0) is 12.5 Å². The normalized spacial score (nSPS) is 16.7. The molecule has 1 aliphatic heterocycles. The van der Waals surface area contributed by atoms with E-state index < -0.39 is 15.7 Å². The first-order valence-electron chi connectivity index (χ1n) is 6.74. The van der Waals surface area contributed by atoms with Gasteiger partial charge in [0.1, 0.15) is 16.5 Å². The van der Waals surface area contributed by atoms with Crippen molar-refractivity contribution in [1.82, 2.24) is 10.2 Å². The lowest BCUT2D eigenvalue weighted by atomic mass is 10.2. The lowest BCUT2D eigenvalue weighted by Crippen LogP contribution is -2.28. The second-order valence-corrected chi connectivity index (χ2v) is 8.00. The Morgan fingerprint density at radius 3 is 2.65 bits per heavy atom. The number of ether oxygens (including phenoxy) is 1. The van der Waals surface area contributed by atoms with Gasteiger partial charge in [0.25, 0.3) is 5.91 Å². The number of anilines is 1. The molecule has 0 saturated carbocycles. The van der Waals surface area contributed by atoms with Crippen LogP contribution in [-0.4, -0.2) is 36.9 Å². The Morgan fingerprint density at radius 2 is 2.00 bits per heavy atom. The molecule has 120 valence electrons. The molecule has 1 aliphatic rings. The van der Waals surface area contributed by atoms with Gasteiger partial charge in [-0.25, -0.2) is 8.42 Å². The highest BCUT2D eigenvalue weighted by Gasteiger charge is 2.33. The van der Waals surface area contributed by atoms with Crippen molar-refractivity contribution < 1.29 is 17.9 Å². The molecule has 0 unspecified atom stereocenters. The Kier molecular flexibility index (Phi) is 4.14. The fourth-order valence-corrected chi connectivity index (χ4v) is 4.16. The van der Waals surface area contributed by atoms with Crippen LogP contribution in [0.1, 0.15) is 10.6 Å². The van der Waals surface area contributed by atoms with Gasteiger partial charge in [0.2, 0.25) is 10.9 Å². The van der Waals surface area contributed by atoms with Crippen LogP contribution in [-0.2, 0) is 19.4 Å². The largest absolute Gasteiger partial charge is 0.486 e. The molecule has 1 aromatic carbocycles. The first-order valence-corrected chi connectivity index (χ1v) is 9.21. The van der Waals surface area contributed by atoms with Crippen molar-refractivity contribution in [3.63, 3.8) is 0 Å². The third-order valence-corrected chi connectivity index (χ3v) is 5.61. The smallest absolute Gasteiger partial charge is 0.293 e. The zero-order valence-electron chi connectivity index (χ0n) is 12.1. The van der Waals surface area contributed by atoms with Crippen LogP contribution in [0.15, 0.2) is 36.1 Å². The third kappa shape index (κ3) is 3.25. The predicted molar refractivity (Wildman–Crippen MR) is 86.4 cm³/mol. The maximum absolute atomic E-state index is 12.4. The van der Waals surface area contributed by atoms with Crippen molar-refractivity contribution in [2.45, 2.75) is 6.92 Å². The molecule has 0 fully saturated rings. The summed E-state index contributed by atoms with van der Waals surface area (Å²) in [7, 11) is -3.60. The van der Waals surface area contributed by atoms with Crippen LogP contribution >= 0.6 is 11.3 Å². The van der Waals surface area contributed by atoms with Gasteiger partial charge in [0, 0.05) is 0 Å². The van der Waals surface area contributed by atoms with Crippen molar-refractivity contribution in [3.05, 3.63) is 46.7 Å². The monoisotopic (exact) mass is 351 g/mol. The Hall–Kier alpha value is -2.26.